The first-order chi connectivity index (χ1) is 8.67. The molecule has 0 saturated carbocycles. The van der Waals surface area contributed by atoms with Gasteiger partial charge < -0.3 is 19.7 Å². The van der Waals surface area contributed by atoms with E-state index in [4.69, 9.17) is 14.7 Å². The van der Waals surface area contributed by atoms with Crippen LogP contribution < -0.4 is 4.74 Å². The van der Waals surface area contributed by atoms with E-state index < -0.39 is 6.29 Å². The van der Waals surface area contributed by atoms with Gasteiger partial charge in [-0.15, -0.1) is 0 Å². The van der Waals surface area contributed by atoms with Crippen LogP contribution in [0.5, 0.6) is 11.5 Å². The highest BCUT2D eigenvalue weighted by atomic mass is 16.6. The number of hydrogen-bond donors (Lipinski definition) is 2. The third kappa shape index (κ3) is 4.45. The number of aromatic hydroxyl groups is 1. The quantitative estimate of drug-likeness (QED) is 0.592. The fourth-order valence-electron chi connectivity index (χ4n) is 1.27. The van der Waals surface area contributed by atoms with E-state index in [0.29, 0.717) is 5.75 Å². The zero-order valence-corrected chi connectivity index (χ0v) is 10.0. The highest BCUT2D eigenvalue weighted by molar-refractivity contribution is 5.55. The summed E-state index contributed by atoms with van der Waals surface area (Å²) < 4.78 is 9.91. The monoisotopic (exact) mass is 249 g/mol. The van der Waals surface area contributed by atoms with Crippen LogP contribution in [0.3, 0.4) is 0 Å². The molecule has 5 heteroatoms. The van der Waals surface area contributed by atoms with Crippen molar-refractivity contribution in [2.45, 2.75) is 12.7 Å². The van der Waals surface area contributed by atoms with E-state index >= 15 is 0 Å². The lowest BCUT2D eigenvalue weighted by molar-refractivity contribution is -0.0613. The van der Waals surface area contributed by atoms with Crippen molar-refractivity contribution in [1.29, 1.82) is 5.26 Å². The molecule has 1 atom stereocenters. The summed E-state index contributed by atoms with van der Waals surface area (Å²) in [4.78, 5) is 0. The lowest BCUT2D eigenvalue weighted by Gasteiger charge is -2.06. The first-order valence-electron chi connectivity index (χ1n) is 5.39. The maximum atomic E-state index is 9.42. The van der Waals surface area contributed by atoms with Crippen LogP contribution in [0.15, 0.2) is 24.3 Å². The smallest absolute Gasteiger partial charge is 0.174 e. The van der Waals surface area contributed by atoms with Gasteiger partial charge in [0.25, 0.3) is 0 Å². The van der Waals surface area contributed by atoms with Crippen molar-refractivity contribution in [2.75, 3.05) is 13.7 Å². The molecule has 0 bridgehead atoms. The number of nitrogens with zero attached hydrogens (tertiary/aromatic N) is 1. The van der Waals surface area contributed by atoms with Crippen LogP contribution in [0.4, 0.5) is 0 Å². The Balaban J connectivity index is 2.58. The molecule has 1 rings (SSSR count). The first-order valence-corrected chi connectivity index (χ1v) is 5.39. The zero-order valence-electron chi connectivity index (χ0n) is 10.0. The minimum Gasteiger partial charge on any atom is -0.504 e. The number of aliphatic hydroxyl groups is 1. The Morgan fingerprint density at radius 2 is 2.28 bits per heavy atom. The Kier molecular flexibility index (Phi) is 5.71. The third-order valence-electron chi connectivity index (χ3n) is 2.16. The van der Waals surface area contributed by atoms with Crippen LogP contribution in [0.2, 0.25) is 0 Å². The van der Waals surface area contributed by atoms with Gasteiger partial charge in [0.05, 0.1) is 26.2 Å². The summed E-state index contributed by atoms with van der Waals surface area (Å²) in [5.41, 5.74) is 0.757. The zero-order chi connectivity index (χ0) is 13.4. The van der Waals surface area contributed by atoms with Gasteiger partial charge >= 0.3 is 0 Å². The fraction of sp³-hybridized carbons (Fsp3) is 0.308. The molecule has 1 aromatic rings. The van der Waals surface area contributed by atoms with Gasteiger partial charge in [-0.25, -0.2) is 0 Å². The summed E-state index contributed by atoms with van der Waals surface area (Å²) in [6, 6.07) is 6.72. The van der Waals surface area contributed by atoms with E-state index in [1.807, 2.05) is 6.07 Å². The summed E-state index contributed by atoms with van der Waals surface area (Å²) in [6.07, 6.45) is 2.26. The number of phenolic OH excluding ortho intramolecular Hbond substituents is 1. The lowest BCUT2D eigenvalue weighted by Crippen LogP contribution is -2.08. The molecule has 0 saturated heterocycles. The maximum Gasteiger partial charge on any atom is 0.174 e. The molecule has 0 aliphatic rings. The van der Waals surface area contributed by atoms with Gasteiger partial charge in [-0.1, -0.05) is 12.1 Å². The Morgan fingerprint density at radius 1 is 1.50 bits per heavy atom. The number of benzene rings is 1. The van der Waals surface area contributed by atoms with E-state index in [1.54, 1.807) is 18.2 Å². The van der Waals surface area contributed by atoms with Crippen LogP contribution in [0, 0.1) is 11.3 Å². The summed E-state index contributed by atoms with van der Waals surface area (Å²) >= 11 is 0. The Hall–Kier alpha value is -2.03. The van der Waals surface area contributed by atoms with Crippen molar-refractivity contribution in [3.8, 4) is 17.6 Å². The summed E-state index contributed by atoms with van der Waals surface area (Å²) in [5.74, 6) is 0.414. The van der Waals surface area contributed by atoms with Crippen molar-refractivity contribution in [3.05, 3.63) is 29.8 Å². The predicted octanol–water partition coefficient (Wildman–Crippen LogP) is 1.66. The van der Waals surface area contributed by atoms with E-state index in [2.05, 4.69) is 0 Å². The Morgan fingerprint density at radius 3 is 2.94 bits per heavy atom. The standard InChI is InChI=1S/C13H15NO4/c1-17-12-9-10(3-5-11(12)15)4-6-13(16)18-8-2-7-14/h3-6,9,13,15-16H,2,8H2,1H3/b6-4+. The normalized spacial score (nSPS) is 12.3. The molecule has 0 spiro atoms. The van der Waals surface area contributed by atoms with Gasteiger partial charge in [0.2, 0.25) is 0 Å². The van der Waals surface area contributed by atoms with E-state index in [0.717, 1.165) is 5.56 Å². The molecule has 1 unspecified atom stereocenters. The molecule has 0 radical (unpaired) electrons. The van der Waals surface area contributed by atoms with E-state index in [1.165, 1.54) is 19.3 Å². The van der Waals surface area contributed by atoms with Gasteiger partial charge in [-0.3, -0.25) is 0 Å². The molecule has 0 amide bonds. The molecule has 1 aromatic carbocycles. The summed E-state index contributed by atoms with van der Waals surface area (Å²) in [6.45, 7) is 0.181. The van der Waals surface area contributed by atoms with Crippen molar-refractivity contribution in [3.63, 3.8) is 0 Å². The molecule has 0 aromatic heterocycles. The average molecular weight is 249 g/mol. The van der Waals surface area contributed by atoms with Gasteiger partial charge in [0.1, 0.15) is 0 Å². The van der Waals surface area contributed by atoms with Gasteiger partial charge in [0.15, 0.2) is 17.8 Å². The molecule has 2 N–H and O–H groups in total. The maximum absolute atomic E-state index is 9.42. The van der Waals surface area contributed by atoms with Crippen molar-refractivity contribution in [1.82, 2.24) is 0 Å². The average Bonchev–Trinajstić information content (AvgIpc) is 2.38. The molecule has 5 nitrogen and oxygen atoms in total. The number of ether oxygens (including phenoxy) is 2. The number of methoxy groups -OCH3 is 1. The van der Waals surface area contributed by atoms with Gasteiger partial charge in [-0.2, -0.15) is 5.26 Å². The first kappa shape index (κ1) is 14.0. The van der Waals surface area contributed by atoms with E-state index in [-0.39, 0.29) is 18.8 Å². The highest BCUT2D eigenvalue weighted by Gasteiger charge is 2.02. The van der Waals surface area contributed by atoms with Crippen LogP contribution in [0.1, 0.15) is 12.0 Å². The molecular formula is C13H15NO4. The molecule has 0 aliphatic heterocycles. The Labute approximate surface area is 106 Å². The van der Waals surface area contributed by atoms with E-state index in [9.17, 15) is 10.2 Å². The lowest BCUT2D eigenvalue weighted by atomic mass is 10.2. The van der Waals surface area contributed by atoms with Crippen LogP contribution in [0.25, 0.3) is 6.08 Å². The number of phenols is 1. The minimum atomic E-state index is -1.06. The molecule has 0 aliphatic carbocycles. The van der Waals surface area contributed by atoms with Gasteiger partial charge in [0, 0.05) is 0 Å². The van der Waals surface area contributed by atoms with Crippen LogP contribution in [-0.4, -0.2) is 30.2 Å². The van der Waals surface area contributed by atoms with Crippen molar-refractivity contribution in [2.24, 2.45) is 0 Å². The van der Waals surface area contributed by atoms with Crippen LogP contribution >= 0.6 is 0 Å². The summed E-state index contributed by atoms with van der Waals surface area (Å²) in [5, 5.41) is 27.1. The number of nitriles is 1. The predicted molar refractivity (Wildman–Crippen MR) is 65.9 cm³/mol. The minimum absolute atomic E-state index is 0.0560. The second-order valence-electron chi connectivity index (χ2n) is 3.46. The van der Waals surface area contributed by atoms with Crippen molar-refractivity contribution >= 4 is 6.08 Å². The third-order valence-corrected chi connectivity index (χ3v) is 2.16. The Bertz CT molecular complexity index is 451. The fourth-order valence-corrected chi connectivity index (χ4v) is 1.27. The SMILES string of the molecule is COc1cc(/C=C/C(O)OCCC#N)ccc1O. The highest BCUT2D eigenvalue weighted by Crippen LogP contribution is 2.26. The largest absolute Gasteiger partial charge is 0.504 e. The topological polar surface area (TPSA) is 82.7 Å². The van der Waals surface area contributed by atoms with Crippen LogP contribution in [-0.2, 0) is 4.74 Å². The molecule has 96 valence electrons. The molecule has 0 heterocycles. The van der Waals surface area contributed by atoms with Gasteiger partial charge in [-0.05, 0) is 23.8 Å². The molecule has 18 heavy (non-hydrogen) atoms. The number of hydrogen-bond acceptors (Lipinski definition) is 5. The molecule has 0 fully saturated rings. The molecular weight excluding hydrogens is 234 g/mol. The van der Waals surface area contributed by atoms with Crippen molar-refractivity contribution < 1.29 is 19.7 Å². The second-order valence-corrected chi connectivity index (χ2v) is 3.46. The number of rotatable bonds is 6. The summed E-state index contributed by atoms with van der Waals surface area (Å²) in [7, 11) is 1.46. The second kappa shape index (κ2) is 7.33. The number of aliphatic hydroxyl groups excluding tert-OH is 1.